The van der Waals surface area contributed by atoms with Crippen molar-refractivity contribution in [2.45, 2.75) is 11.4 Å². The molecule has 152 valence electrons. The predicted molar refractivity (Wildman–Crippen MR) is 106 cm³/mol. The van der Waals surface area contributed by atoms with Crippen LogP contribution in [0.4, 0.5) is 0 Å². The quantitative estimate of drug-likeness (QED) is 0.626. The number of amides is 1. The van der Waals surface area contributed by atoms with E-state index in [1.807, 2.05) is 6.07 Å². The summed E-state index contributed by atoms with van der Waals surface area (Å²) in [5.74, 6) is 0.437. The van der Waals surface area contributed by atoms with Gasteiger partial charge in [-0.1, -0.05) is 6.07 Å². The van der Waals surface area contributed by atoms with Crippen LogP contribution < -0.4 is 10.1 Å². The van der Waals surface area contributed by atoms with Gasteiger partial charge in [-0.3, -0.25) is 4.79 Å². The summed E-state index contributed by atoms with van der Waals surface area (Å²) < 4.78 is 32.8. The van der Waals surface area contributed by atoms with E-state index in [1.165, 1.54) is 39.4 Å². The first kappa shape index (κ1) is 20.5. The molecule has 0 atom stereocenters. The molecular weight excluding hydrogens is 394 g/mol. The summed E-state index contributed by atoms with van der Waals surface area (Å²) >= 11 is 0. The molecule has 9 nitrogen and oxygen atoms in total. The minimum Gasteiger partial charge on any atom is -0.495 e. The van der Waals surface area contributed by atoms with Gasteiger partial charge in [-0.05, 0) is 35.9 Å². The lowest BCUT2D eigenvalue weighted by atomic mass is 10.2. The molecule has 1 amide bonds. The maximum Gasteiger partial charge on any atom is 0.251 e. The molecule has 0 aliphatic carbocycles. The van der Waals surface area contributed by atoms with Crippen molar-refractivity contribution in [3.63, 3.8) is 0 Å². The van der Waals surface area contributed by atoms with Crippen molar-refractivity contribution in [2.24, 2.45) is 0 Å². The topological polar surface area (TPSA) is 106 Å². The van der Waals surface area contributed by atoms with Crippen LogP contribution in [0.1, 0.15) is 15.9 Å². The van der Waals surface area contributed by atoms with Gasteiger partial charge in [-0.25, -0.2) is 22.4 Å². The van der Waals surface area contributed by atoms with Crippen molar-refractivity contribution in [3.05, 3.63) is 66.1 Å². The van der Waals surface area contributed by atoms with Crippen LogP contribution in [0.25, 0.3) is 5.82 Å². The number of carbonyl (C=O) groups excluding carboxylic acids is 1. The van der Waals surface area contributed by atoms with Crippen molar-refractivity contribution >= 4 is 15.9 Å². The third kappa shape index (κ3) is 4.44. The van der Waals surface area contributed by atoms with Gasteiger partial charge in [-0.2, -0.15) is 5.10 Å². The molecule has 0 aliphatic rings. The molecule has 0 spiro atoms. The molecule has 10 heteroatoms. The zero-order valence-corrected chi connectivity index (χ0v) is 17.0. The van der Waals surface area contributed by atoms with E-state index in [4.69, 9.17) is 4.74 Å². The van der Waals surface area contributed by atoms with Crippen molar-refractivity contribution in [1.29, 1.82) is 0 Å². The van der Waals surface area contributed by atoms with Crippen LogP contribution in [0.5, 0.6) is 5.75 Å². The molecule has 2 aromatic heterocycles. The minimum atomic E-state index is -3.76. The zero-order valence-electron chi connectivity index (χ0n) is 16.2. The number of ether oxygens (including phenoxy) is 1. The number of nitrogens with one attached hydrogen (secondary N) is 1. The smallest absolute Gasteiger partial charge is 0.251 e. The summed E-state index contributed by atoms with van der Waals surface area (Å²) in [7, 11) is 0.456. The summed E-state index contributed by atoms with van der Waals surface area (Å²) in [6, 6.07) is 9.72. The van der Waals surface area contributed by atoms with Crippen molar-refractivity contribution in [1.82, 2.24) is 24.4 Å². The molecule has 0 saturated heterocycles. The van der Waals surface area contributed by atoms with E-state index in [9.17, 15) is 13.2 Å². The second-order valence-electron chi connectivity index (χ2n) is 6.31. The Hall–Kier alpha value is -3.24. The Balaban J connectivity index is 1.74. The molecule has 2 heterocycles. The molecule has 3 rings (SSSR count). The molecule has 0 saturated carbocycles. The van der Waals surface area contributed by atoms with Crippen molar-refractivity contribution in [3.8, 4) is 11.6 Å². The first-order valence-corrected chi connectivity index (χ1v) is 10.1. The first-order valence-electron chi connectivity index (χ1n) is 8.66. The Kier molecular flexibility index (Phi) is 5.95. The Morgan fingerprint density at radius 1 is 1.24 bits per heavy atom. The lowest BCUT2D eigenvalue weighted by Gasteiger charge is -2.15. The summed E-state index contributed by atoms with van der Waals surface area (Å²) in [6.45, 7) is 0.243. The molecule has 29 heavy (non-hydrogen) atoms. The predicted octanol–water partition coefficient (Wildman–Crippen LogP) is 1.46. The number of aromatic nitrogens is 3. The third-order valence-electron chi connectivity index (χ3n) is 4.19. The number of sulfonamides is 1. The number of rotatable bonds is 7. The number of nitrogens with zero attached hydrogens (tertiary/aromatic N) is 4. The van der Waals surface area contributed by atoms with E-state index >= 15 is 0 Å². The van der Waals surface area contributed by atoms with Crippen molar-refractivity contribution in [2.75, 3.05) is 21.2 Å². The maximum atomic E-state index is 12.5. The van der Waals surface area contributed by atoms with Crippen LogP contribution in [0, 0.1) is 0 Å². The van der Waals surface area contributed by atoms with Crippen LogP contribution in [0.2, 0.25) is 0 Å². The lowest BCUT2D eigenvalue weighted by Crippen LogP contribution is -2.25. The highest BCUT2D eigenvalue weighted by Gasteiger charge is 2.23. The van der Waals surface area contributed by atoms with Gasteiger partial charge >= 0.3 is 0 Å². The summed E-state index contributed by atoms with van der Waals surface area (Å²) in [5, 5.41) is 6.87. The van der Waals surface area contributed by atoms with Gasteiger partial charge < -0.3 is 10.1 Å². The zero-order chi connectivity index (χ0) is 21.0. The Bertz CT molecular complexity index is 1090. The second kappa shape index (κ2) is 8.41. The van der Waals surface area contributed by atoms with E-state index in [0.717, 1.165) is 9.87 Å². The van der Waals surface area contributed by atoms with E-state index < -0.39 is 15.9 Å². The Labute approximate surface area is 169 Å². The molecule has 0 unspecified atom stereocenters. The van der Waals surface area contributed by atoms with Crippen LogP contribution in [-0.4, -0.2) is 54.6 Å². The molecule has 1 N–H and O–H groups in total. The fraction of sp³-hybridized carbons (Fsp3) is 0.211. The molecule has 0 aliphatic heterocycles. The number of benzene rings is 1. The van der Waals surface area contributed by atoms with Crippen LogP contribution in [0.3, 0.4) is 0 Å². The molecule has 1 aromatic carbocycles. The summed E-state index contributed by atoms with van der Waals surface area (Å²) in [4.78, 5) is 16.8. The highest BCUT2D eigenvalue weighted by molar-refractivity contribution is 7.89. The minimum absolute atomic E-state index is 0.0668. The standard InChI is InChI=1S/C19H21N5O4S/c1-23(2)29(26,27)17-11-15(6-7-16(17)28-3)19(25)21-13-14-5-8-18(20-12-14)24-10-4-9-22-24/h4-12H,13H2,1-3H3,(H,21,25). The third-order valence-corrected chi connectivity index (χ3v) is 6.02. The summed E-state index contributed by atoms with van der Waals surface area (Å²) in [6.07, 6.45) is 5.09. The van der Waals surface area contributed by atoms with Gasteiger partial charge in [-0.15, -0.1) is 0 Å². The largest absolute Gasteiger partial charge is 0.495 e. The monoisotopic (exact) mass is 415 g/mol. The van der Waals surface area contributed by atoms with Gasteiger partial charge in [0.05, 0.1) is 7.11 Å². The fourth-order valence-electron chi connectivity index (χ4n) is 2.56. The van der Waals surface area contributed by atoms with Crippen molar-refractivity contribution < 1.29 is 17.9 Å². The van der Waals surface area contributed by atoms with Crippen LogP contribution in [0.15, 0.2) is 59.9 Å². The fourth-order valence-corrected chi connectivity index (χ4v) is 3.64. The normalized spacial score (nSPS) is 11.4. The van der Waals surface area contributed by atoms with E-state index in [2.05, 4.69) is 15.4 Å². The van der Waals surface area contributed by atoms with E-state index in [-0.39, 0.29) is 22.8 Å². The van der Waals surface area contributed by atoms with Gasteiger partial charge in [0.25, 0.3) is 5.91 Å². The molecule has 0 fully saturated rings. The number of hydrogen-bond donors (Lipinski definition) is 1. The Morgan fingerprint density at radius 2 is 2.03 bits per heavy atom. The first-order chi connectivity index (χ1) is 13.8. The van der Waals surface area contributed by atoms with Gasteiger partial charge in [0.2, 0.25) is 10.0 Å². The average Bonchev–Trinajstić information content (AvgIpc) is 3.26. The number of methoxy groups -OCH3 is 1. The lowest BCUT2D eigenvalue weighted by molar-refractivity contribution is 0.0950. The molecular formula is C19H21N5O4S. The molecule has 3 aromatic rings. The highest BCUT2D eigenvalue weighted by Crippen LogP contribution is 2.26. The van der Waals surface area contributed by atoms with E-state index in [0.29, 0.717) is 5.82 Å². The number of pyridine rings is 1. The van der Waals surface area contributed by atoms with Gasteiger partial charge in [0, 0.05) is 44.8 Å². The maximum absolute atomic E-state index is 12.5. The average molecular weight is 415 g/mol. The molecule has 0 bridgehead atoms. The van der Waals surface area contributed by atoms with E-state index in [1.54, 1.807) is 35.4 Å². The molecule has 0 radical (unpaired) electrons. The second-order valence-corrected chi connectivity index (χ2v) is 8.43. The summed E-state index contributed by atoms with van der Waals surface area (Å²) in [5.41, 5.74) is 1.01. The SMILES string of the molecule is COc1ccc(C(=O)NCc2ccc(-n3cccn3)nc2)cc1S(=O)(=O)N(C)C. The number of carbonyl (C=O) groups is 1. The van der Waals surface area contributed by atoms with Crippen LogP contribution in [-0.2, 0) is 16.6 Å². The number of hydrogen-bond acceptors (Lipinski definition) is 6. The highest BCUT2D eigenvalue weighted by atomic mass is 32.2. The van der Waals surface area contributed by atoms with Crippen LogP contribution >= 0.6 is 0 Å². The Morgan fingerprint density at radius 3 is 2.62 bits per heavy atom. The van der Waals surface area contributed by atoms with Gasteiger partial charge in [0.1, 0.15) is 10.6 Å². The van der Waals surface area contributed by atoms with Gasteiger partial charge in [0.15, 0.2) is 5.82 Å².